The van der Waals surface area contributed by atoms with Gasteiger partial charge in [-0.2, -0.15) is 0 Å². The lowest BCUT2D eigenvalue weighted by molar-refractivity contribution is -0.122. The minimum Gasteiger partial charge on any atom is -0.489 e. The highest BCUT2D eigenvalue weighted by Gasteiger charge is 2.19. The maximum absolute atomic E-state index is 12.5. The normalized spacial score (nSPS) is 14.0. The topological polar surface area (TPSA) is 47.6 Å². The van der Waals surface area contributed by atoms with E-state index < -0.39 is 6.10 Å². The third-order valence-corrected chi connectivity index (χ3v) is 4.50. The SMILES string of the molecule is C=CCOc1cccc(NC(=O)[C@H](C)Oc2cccc3c2CCCC3)c1. The Kier molecular flexibility index (Phi) is 5.95. The van der Waals surface area contributed by atoms with E-state index in [9.17, 15) is 4.79 Å². The van der Waals surface area contributed by atoms with Gasteiger partial charge in [0.05, 0.1) is 0 Å². The van der Waals surface area contributed by atoms with Crippen molar-refractivity contribution >= 4 is 11.6 Å². The Morgan fingerprint density at radius 2 is 2.04 bits per heavy atom. The molecule has 136 valence electrons. The maximum Gasteiger partial charge on any atom is 0.265 e. The van der Waals surface area contributed by atoms with Crippen LogP contribution < -0.4 is 14.8 Å². The van der Waals surface area contributed by atoms with E-state index in [2.05, 4.69) is 18.0 Å². The molecule has 4 nitrogen and oxygen atoms in total. The summed E-state index contributed by atoms with van der Waals surface area (Å²) in [6.07, 6.45) is 5.60. The van der Waals surface area contributed by atoms with Gasteiger partial charge in [0.15, 0.2) is 6.10 Å². The highest BCUT2D eigenvalue weighted by Crippen LogP contribution is 2.30. The molecule has 3 rings (SSSR count). The van der Waals surface area contributed by atoms with E-state index in [-0.39, 0.29) is 5.91 Å². The van der Waals surface area contributed by atoms with E-state index in [1.807, 2.05) is 30.3 Å². The van der Waals surface area contributed by atoms with Crippen LogP contribution in [0.25, 0.3) is 0 Å². The molecule has 4 heteroatoms. The van der Waals surface area contributed by atoms with Crippen LogP contribution in [0.3, 0.4) is 0 Å². The second-order valence-electron chi connectivity index (χ2n) is 6.48. The molecule has 0 bridgehead atoms. The van der Waals surface area contributed by atoms with Crippen LogP contribution >= 0.6 is 0 Å². The van der Waals surface area contributed by atoms with Crippen LogP contribution in [0.15, 0.2) is 55.1 Å². The lowest BCUT2D eigenvalue weighted by atomic mass is 9.91. The Bertz CT molecular complexity index is 785. The van der Waals surface area contributed by atoms with Crippen LogP contribution in [0.1, 0.15) is 30.9 Å². The molecule has 2 aromatic carbocycles. The van der Waals surface area contributed by atoms with Gasteiger partial charge in [-0.05, 0) is 61.9 Å². The summed E-state index contributed by atoms with van der Waals surface area (Å²) < 4.78 is 11.5. The smallest absolute Gasteiger partial charge is 0.265 e. The monoisotopic (exact) mass is 351 g/mol. The van der Waals surface area contributed by atoms with Crippen LogP contribution in [0.2, 0.25) is 0 Å². The Morgan fingerprint density at radius 3 is 2.88 bits per heavy atom. The van der Waals surface area contributed by atoms with Crippen molar-refractivity contribution in [3.8, 4) is 11.5 Å². The largest absolute Gasteiger partial charge is 0.489 e. The molecule has 0 saturated heterocycles. The third-order valence-electron chi connectivity index (χ3n) is 4.50. The van der Waals surface area contributed by atoms with Crippen molar-refractivity contribution in [2.45, 2.75) is 38.7 Å². The predicted octanol–water partition coefficient (Wildman–Crippen LogP) is 4.54. The number of carbonyl (C=O) groups is 1. The third kappa shape index (κ3) is 4.45. The molecule has 1 aliphatic carbocycles. The fourth-order valence-electron chi connectivity index (χ4n) is 3.16. The first-order valence-corrected chi connectivity index (χ1v) is 9.09. The predicted molar refractivity (Wildman–Crippen MR) is 104 cm³/mol. The van der Waals surface area contributed by atoms with Crippen molar-refractivity contribution in [2.75, 3.05) is 11.9 Å². The number of amides is 1. The van der Waals surface area contributed by atoms with Crippen LogP contribution in [0, 0.1) is 0 Å². The number of ether oxygens (including phenoxy) is 2. The Balaban J connectivity index is 1.64. The molecule has 1 amide bonds. The molecule has 0 aromatic heterocycles. The van der Waals surface area contributed by atoms with E-state index >= 15 is 0 Å². The zero-order chi connectivity index (χ0) is 18.4. The molecular formula is C22H25NO3. The van der Waals surface area contributed by atoms with Crippen molar-refractivity contribution in [1.29, 1.82) is 0 Å². The Hall–Kier alpha value is -2.75. The van der Waals surface area contributed by atoms with Crippen LogP contribution in [-0.4, -0.2) is 18.6 Å². The molecule has 0 fully saturated rings. The molecule has 1 N–H and O–H groups in total. The number of fused-ring (bicyclic) bond motifs is 1. The number of hydrogen-bond donors (Lipinski definition) is 1. The summed E-state index contributed by atoms with van der Waals surface area (Å²) in [5.41, 5.74) is 3.27. The number of rotatable bonds is 7. The first kappa shape index (κ1) is 18.1. The summed E-state index contributed by atoms with van der Waals surface area (Å²) >= 11 is 0. The van der Waals surface area contributed by atoms with E-state index in [1.165, 1.54) is 24.0 Å². The average molecular weight is 351 g/mol. The lowest BCUT2D eigenvalue weighted by Crippen LogP contribution is -2.30. The lowest BCUT2D eigenvalue weighted by Gasteiger charge is -2.22. The summed E-state index contributed by atoms with van der Waals surface area (Å²) in [6, 6.07) is 13.4. The number of aryl methyl sites for hydroxylation is 1. The first-order valence-electron chi connectivity index (χ1n) is 9.09. The first-order chi connectivity index (χ1) is 12.7. The van der Waals surface area contributed by atoms with E-state index in [4.69, 9.17) is 9.47 Å². The molecule has 1 atom stereocenters. The molecule has 2 aromatic rings. The molecule has 0 unspecified atom stereocenters. The van der Waals surface area contributed by atoms with Crippen LogP contribution in [0.4, 0.5) is 5.69 Å². The van der Waals surface area contributed by atoms with Crippen molar-refractivity contribution < 1.29 is 14.3 Å². The number of carbonyl (C=O) groups excluding carboxylic acids is 1. The van der Waals surface area contributed by atoms with Gasteiger partial charge in [0.2, 0.25) is 0 Å². The highest BCUT2D eigenvalue weighted by atomic mass is 16.5. The van der Waals surface area contributed by atoms with Gasteiger partial charge in [-0.3, -0.25) is 4.79 Å². The molecule has 1 aliphatic rings. The van der Waals surface area contributed by atoms with E-state index in [1.54, 1.807) is 19.1 Å². The van der Waals surface area contributed by atoms with E-state index in [0.29, 0.717) is 18.0 Å². The Morgan fingerprint density at radius 1 is 1.23 bits per heavy atom. The van der Waals surface area contributed by atoms with Crippen LogP contribution in [0.5, 0.6) is 11.5 Å². The van der Waals surface area contributed by atoms with Gasteiger partial charge in [-0.15, -0.1) is 0 Å². The summed E-state index contributed by atoms with van der Waals surface area (Å²) in [6.45, 7) is 5.83. The molecule has 0 radical (unpaired) electrons. The highest BCUT2D eigenvalue weighted by molar-refractivity contribution is 5.94. The number of anilines is 1. The van der Waals surface area contributed by atoms with Crippen molar-refractivity contribution in [1.82, 2.24) is 0 Å². The van der Waals surface area contributed by atoms with E-state index in [0.717, 1.165) is 18.6 Å². The van der Waals surface area contributed by atoms with Gasteiger partial charge >= 0.3 is 0 Å². The van der Waals surface area contributed by atoms with Gasteiger partial charge in [0, 0.05) is 11.8 Å². The summed E-state index contributed by atoms with van der Waals surface area (Å²) in [7, 11) is 0. The summed E-state index contributed by atoms with van der Waals surface area (Å²) in [5.74, 6) is 1.33. The minimum atomic E-state index is -0.582. The zero-order valence-electron chi connectivity index (χ0n) is 15.2. The van der Waals surface area contributed by atoms with Gasteiger partial charge in [0.25, 0.3) is 5.91 Å². The number of hydrogen-bond acceptors (Lipinski definition) is 3. The second-order valence-corrected chi connectivity index (χ2v) is 6.48. The average Bonchev–Trinajstić information content (AvgIpc) is 2.67. The van der Waals surface area contributed by atoms with Crippen LogP contribution in [-0.2, 0) is 17.6 Å². The standard InChI is InChI=1S/C22H25NO3/c1-3-14-25-19-11-7-10-18(15-19)23-22(24)16(2)26-21-13-6-9-17-8-4-5-12-20(17)21/h3,6-7,9-11,13,15-16H,1,4-5,8,12,14H2,2H3,(H,23,24)/t16-/m0/s1. The van der Waals surface area contributed by atoms with Gasteiger partial charge < -0.3 is 14.8 Å². The van der Waals surface area contributed by atoms with Gasteiger partial charge in [-0.25, -0.2) is 0 Å². The second kappa shape index (κ2) is 8.56. The zero-order valence-corrected chi connectivity index (χ0v) is 15.2. The maximum atomic E-state index is 12.5. The van der Waals surface area contributed by atoms with Crippen molar-refractivity contribution in [3.63, 3.8) is 0 Å². The summed E-state index contributed by atoms with van der Waals surface area (Å²) in [5, 5.41) is 2.89. The summed E-state index contributed by atoms with van der Waals surface area (Å²) in [4.78, 5) is 12.5. The number of nitrogens with one attached hydrogen (secondary N) is 1. The molecule has 0 heterocycles. The fourth-order valence-corrected chi connectivity index (χ4v) is 3.16. The van der Waals surface area contributed by atoms with Gasteiger partial charge in [-0.1, -0.05) is 30.9 Å². The van der Waals surface area contributed by atoms with Crippen molar-refractivity contribution in [3.05, 3.63) is 66.2 Å². The molecule has 26 heavy (non-hydrogen) atoms. The minimum absolute atomic E-state index is 0.181. The molecule has 0 aliphatic heterocycles. The molecule has 0 spiro atoms. The number of benzene rings is 2. The van der Waals surface area contributed by atoms with Gasteiger partial charge in [0.1, 0.15) is 18.1 Å². The fraction of sp³-hybridized carbons (Fsp3) is 0.318. The Labute approximate surface area is 154 Å². The molecule has 0 saturated carbocycles. The van der Waals surface area contributed by atoms with Crippen molar-refractivity contribution in [2.24, 2.45) is 0 Å². The molecular weight excluding hydrogens is 326 g/mol. The quantitative estimate of drug-likeness (QED) is 0.745.